The number of primary amides is 1. The van der Waals surface area contributed by atoms with Gasteiger partial charge in [-0.15, -0.1) is 11.3 Å². The summed E-state index contributed by atoms with van der Waals surface area (Å²) in [6.45, 7) is 6.89. The zero-order chi connectivity index (χ0) is 37.0. The number of aromatic nitrogens is 2. The number of imidazole rings is 1. The molecule has 4 rings (SSSR count). The van der Waals surface area contributed by atoms with Crippen LogP contribution in [0.1, 0.15) is 61.0 Å². The number of aldehydes is 1. The fraction of sp³-hybridized carbons (Fsp3) is 0.371. The molecule has 0 bridgehead atoms. The molecular formula is C35H46N6O7S2. The Morgan fingerprint density at radius 1 is 1.08 bits per heavy atom. The van der Waals surface area contributed by atoms with Gasteiger partial charge in [0.05, 0.1) is 7.11 Å². The molecule has 7 N–H and O–H groups in total. The van der Waals surface area contributed by atoms with Crippen molar-refractivity contribution in [2.75, 3.05) is 24.5 Å². The van der Waals surface area contributed by atoms with Gasteiger partial charge >= 0.3 is 21.2 Å². The first-order valence-electron chi connectivity index (χ1n) is 16.2. The maximum absolute atomic E-state index is 12.8. The van der Waals surface area contributed by atoms with Crippen LogP contribution in [0.3, 0.4) is 0 Å². The van der Waals surface area contributed by atoms with E-state index in [1.54, 1.807) is 6.92 Å². The number of carboxylic acids is 1. The SMILES string of the molecule is CCN(c1sc(CC(C)C)cc1-c1ccc(Cn2c(-c3ccccc3)nc(OC)c2C=O)cc1)S(=O)(=O)C(N)=O.NCCCC[C@H](N)C(=O)O. The number of aliphatic carboxylic acids is 1. The Hall–Kier alpha value is -4.57. The summed E-state index contributed by atoms with van der Waals surface area (Å²) in [6, 6.07) is 18.5. The van der Waals surface area contributed by atoms with Gasteiger partial charge in [0.15, 0.2) is 6.29 Å². The highest BCUT2D eigenvalue weighted by Gasteiger charge is 2.31. The van der Waals surface area contributed by atoms with Gasteiger partial charge in [-0.3, -0.25) is 18.7 Å². The summed E-state index contributed by atoms with van der Waals surface area (Å²) >= 11 is 1.35. The van der Waals surface area contributed by atoms with Crippen LogP contribution in [0.4, 0.5) is 9.80 Å². The number of amides is 1. The number of carbonyl (C=O) groups excluding carboxylic acids is 2. The van der Waals surface area contributed by atoms with Crippen molar-refractivity contribution in [2.24, 2.45) is 23.1 Å². The minimum atomic E-state index is -4.35. The number of nitrogens with zero attached hydrogens (tertiary/aromatic N) is 3. The molecule has 0 fully saturated rings. The lowest BCUT2D eigenvalue weighted by Crippen LogP contribution is -2.38. The van der Waals surface area contributed by atoms with E-state index in [4.69, 9.17) is 27.0 Å². The number of hydrogen-bond acceptors (Lipinski definition) is 10. The molecule has 0 radical (unpaired) electrons. The Morgan fingerprint density at radius 3 is 2.26 bits per heavy atom. The number of thiophene rings is 1. The van der Waals surface area contributed by atoms with Gasteiger partial charge in [-0.1, -0.05) is 74.9 Å². The number of nitrogens with two attached hydrogens (primary N) is 3. The summed E-state index contributed by atoms with van der Waals surface area (Å²) in [5, 5.41) is 7.40. The molecule has 0 aliphatic carbocycles. The van der Waals surface area contributed by atoms with Crippen molar-refractivity contribution in [3.05, 3.63) is 76.8 Å². The standard InChI is InChI=1S/C29H32N4O5S2.C6H14N2O2/c1-5-33(40(36,37)29(30)35)28-24(16-23(39-28)15-19(2)3)21-13-11-20(12-14-21)17-32-25(18-34)27(38-4)31-26(32)22-9-7-6-8-10-22;7-4-2-1-3-5(8)6(9)10/h6-14,16,18-19H,5,15,17H2,1-4H3,(H2,30,35);5H,1-4,7-8H2,(H,9,10)/t;5-/m.0/s1. The molecule has 2 aromatic carbocycles. The second-order valence-corrected chi connectivity index (χ2v) is 14.8. The quantitative estimate of drug-likeness (QED) is 0.0884. The largest absolute Gasteiger partial charge is 0.480 e. The van der Waals surface area contributed by atoms with Crippen molar-refractivity contribution >= 4 is 43.9 Å². The first kappa shape index (κ1) is 39.9. The first-order chi connectivity index (χ1) is 23.8. The lowest BCUT2D eigenvalue weighted by molar-refractivity contribution is -0.138. The van der Waals surface area contributed by atoms with Gasteiger partial charge in [-0.05, 0) is 55.8 Å². The van der Waals surface area contributed by atoms with Crippen molar-refractivity contribution in [1.82, 2.24) is 9.55 Å². The van der Waals surface area contributed by atoms with E-state index in [-0.39, 0.29) is 12.4 Å². The molecule has 50 heavy (non-hydrogen) atoms. The molecule has 2 heterocycles. The normalized spacial score (nSPS) is 11.8. The molecule has 1 atom stereocenters. The van der Waals surface area contributed by atoms with Crippen LogP contribution in [0.25, 0.3) is 22.5 Å². The third-order valence-electron chi connectivity index (χ3n) is 7.63. The molecule has 0 saturated heterocycles. The number of carbonyl (C=O) groups is 3. The fourth-order valence-corrected chi connectivity index (χ4v) is 7.78. The highest BCUT2D eigenvalue weighted by molar-refractivity contribution is 8.07. The van der Waals surface area contributed by atoms with Gasteiger partial charge in [0.1, 0.15) is 22.6 Å². The van der Waals surface area contributed by atoms with Crippen LogP contribution in [0.2, 0.25) is 0 Å². The van der Waals surface area contributed by atoms with E-state index in [1.807, 2.05) is 65.2 Å². The number of anilines is 1. The van der Waals surface area contributed by atoms with Gasteiger partial charge in [0.2, 0.25) is 5.88 Å². The number of sulfonamides is 1. The Morgan fingerprint density at radius 2 is 1.74 bits per heavy atom. The molecule has 4 aromatic rings. The molecule has 270 valence electrons. The summed E-state index contributed by atoms with van der Waals surface area (Å²) in [5.74, 6) is 0.290. The van der Waals surface area contributed by atoms with E-state index >= 15 is 0 Å². The van der Waals surface area contributed by atoms with Crippen molar-refractivity contribution in [3.63, 3.8) is 0 Å². The Labute approximate surface area is 297 Å². The van der Waals surface area contributed by atoms with Gasteiger partial charge < -0.3 is 31.6 Å². The van der Waals surface area contributed by atoms with Crippen LogP contribution in [0, 0.1) is 5.92 Å². The molecule has 0 spiro atoms. The van der Waals surface area contributed by atoms with E-state index < -0.39 is 27.3 Å². The fourth-order valence-electron chi connectivity index (χ4n) is 5.14. The summed E-state index contributed by atoms with van der Waals surface area (Å²) in [4.78, 5) is 39.5. The lowest BCUT2D eigenvalue weighted by atomic mass is 10.0. The average Bonchev–Trinajstić information content (AvgIpc) is 3.66. The number of hydrogen-bond donors (Lipinski definition) is 4. The maximum atomic E-state index is 12.8. The Bertz CT molecular complexity index is 1840. The van der Waals surface area contributed by atoms with Gasteiger partial charge in [0.25, 0.3) is 0 Å². The second kappa shape index (κ2) is 18.4. The third-order valence-corrected chi connectivity index (χ3v) is 10.5. The topological polar surface area (TPSA) is 214 Å². The molecule has 13 nitrogen and oxygen atoms in total. The van der Waals surface area contributed by atoms with Crippen LogP contribution >= 0.6 is 11.3 Å². The summed E-state index contributed by atoms with van der Waals surface area (Å²) in [6.07, 6.45) is 3.67. The molecule has 0 unspecified atom stereocenters. The van der Waals surface area contributed by atoms with E-state index in [0.29, 0.717) is 47.5 Å². The zero-order valence-corrected chi connectivity index (χ0v) is 30.4. The minimum Gasteiger partial charge on any atom is -0.480 e. The van der Waals surface area contributed by atoms with Crippen LogP contribution in [-0.2, 0) is 27.8 Å². The number of methoxy groups -OCH3 is 1. The highest BCUT2D eigenvalue weighted by Crippen LogP contribution is 2.41. The van der Waals surface area contributed by atoms with Crippen molar-refractivity contribution in [2.45, 2.75) is 59.0 Å². The van der Waals surface area contributed by atoms with E-state index in [9.17, 15) is 22.8 Å². The van der Waals surface area contributed by atoms with Crippen LogP contribution in [-0.4, -0.2) is 66.8 Å². The number of carboxylic acid groups (broad SMARTS) is 1. The maximum Gasteiger partial charge on any atom is 0.354 e. The van der Waals surface area contributed by atoms with Crippen LogP contribution in [0.15, 0.2) is 60.7 Å². The van der Waals surface area contributed by atoms with E-state index in [1.165, 1.54) is 18.4 Å². The molecule has 0 saturated carbocycles. The molecule has 15 heteroatoms. The first-order valence-corrected chi connectivity index (χ1v) is 18.4. The van der Waals surface area contributed by atoms with E-state index in [0.717, 1.165) is 51.4 Å². The summed E-state index contributed by atoms with van der Waals surface area (Å²) in [7, 11) is -2.87. The number of benzene rings is 2. The van der Waals surface area contributed by atoms with Gasteiger partial charge in [0, 0.05) is 29.1 Å². The Kier molecular flexibility index (Phi) is 14.7. The third kappa shape index (κ3) is 10.00. The molecule has 0 aliphatic heterocycles. The molecule has 0 aliphatic rings. The zero-order valence-electron chi connectivity index (χ0n) is 28.7. The van der Waals surface area contributed by atoms with Crippen molar-refractivity contribution in [3.8, 4) is 28.4 Å². The molecular weight excluding hydrogens is 681 g/mol. The van der Waals surface area contributed by atoms with Gasteiger partial charge in [-0.2, -0.15) is 13.4 Å². The number of rotatable bonds is 16. The summed E-state index contributed by atoms with van der Waals surface area (Å²) < 4.78 is 33.8. The van der Waals surface area contributed by atoms with Crippen LogP contribution in [0.5, 0.6) is 5.88 Å². The predicted octanol–water partition coefficient (Wildman–Crippen LogP) is 5.11. The van der Waals surface area contributed by atoms with E-state index in [2.05, 4.69) is 18.8 Å². The average molecular weight is 727 g/mol. The predicted molar refractivity (Wildman–Crippen MR) is 197 cm³/mol. The second-order valence-electron chi connectivity index (χ2n) is 11.8. The van der Waals surface area contributed by atoms with Crippen molar-refractivity contribution < 1.29 is 32.6 Å². The van der Waals surface area contributed by atoms with Crippen LogP contribution < -0.4 is 26.2 Å². The number of unbranched alkanes of at least 4 members (excludes halogenated alkanes) is 1. The highest BCUT2D eigenvalue weighted by atomic mass is 32.2. The smallest absolute Gasteiger partial charge is 0.354 e. The molecule has 2 aromatic heterocycles. The Balaban J connectivity index is 0.000000588. The van der Waals surface area contributed by atoms with Gasteiger partial charge in [-0.25, -0.2) is 0 Å². The summed E-state index contributed by atoms with van der Waals surface area (Å²) in [5.41, 5.74) is 19.2. The minimum absolute atomic E-state index is 0.0667. The number of ether oxygens (including phenoxy) is 1. The lowest BCUT2D eigenvalue weighted by Gasteiger charge is -2.20. The molecule has 1 amide bonds. The van der Waals surface area contributed by atoms with Crippen molar-refractivity contribution in [1.29, 1.82) is 0 Å². The monoisotopic (exact) mass is 726 g/mol.